The fraction of sp³-hybridized carbons (Fsp3) is 0.167. The van der Waals surface area contributed by atoms with Crippen molar-refractivity contribution in [2.45, 2.75) is 25.2 Å². The first-order valence-corrected chi connectivity index (χ1v) is 9.88. The maximum absolute atomic E-state index is 14.7. The number of halogens is 1. The first-order valence-electron chi connectivity index (χ1n) is 9.88. The maximum atomic E-state index is 14.7. The summed E-state index contributed by atoms with van der Waals surface area (Å²) in [4.78, 5) is 17.8. The molecule has 0 bridgehead atoms. The van der Waals surface area contributed by atoms with E-state index in [1.807, 2.05) is 30.5 Å². The highest BCUT2D eigenvalue weighted by Crippen LogP contribution is 2.46. The number of nitrogens with one attached hydrogen (secondary N) is 1. The number of H-pyrrole nitrogens is 1. The van der Waals surface area contributed by atoms with Crippen molar-refractivity contribution in [1.82, 2.24) is 4.98 Å². The van der Waals surface area contributed by atoms with E-state index in [2.05, 4.69) is 11.1 Å². The van der Waals surface area contributed by atoms with Crippen LogP contribution in [-0.2, 0) is 4.79 Å². The summed E-state index contributed by atoms with van der Waals surface area (Å²) in [7, 11) is 0. The van der Waals surface area contributed by atoms with Crippen LogP contribution >= 0.6 is 0 Å². The molecule has 2 heterocycles. The predicted molar refractivity (Wildman–Crippen MR) is 113 cm³/mol. The van der Waals surface area contributed by atoms with Crippen molar-refractivity contribution in [3.05, 3.63) is 88.8 Å². The van der Waals surface area contributed by atoms with Crippen molar-refractivity contribution in [2.75, 3.05) is 4.90 Å². The fourth-order valence-corrected chi connectivity index (χ4v) is 4.58. The van der Waals surface area contributed by atoms with Crippen molar-refractivity contribution in [1.29, 1.82) is 5.26 Å². The van der Waals surface area contributed by atoms with Crippen LogP contribution in [0.3, 0.4) is 0 Å². The van der Waals surface area contributed by atoms with E-state index in [0.29, 0.717) is 30.5 Å². The van der Waals surface area contributed by atoms with Crippen LogP contribution in [0.15, 0.2) is 77.4 Å². The molecule has 0 unspecified atom stereocenters. The Labute approximate surface area is 172 Å². The molecule has 5 nitrogen and oxygen atoms in total. The number of para-hydroxylation sites is 1. The number of aromatic amines is 1. The first-order chi connectivity index (χ1) is 14.6. The van der Waals surface area contributed by atoms with Gasteiger partial charge < -0.3 is 10.7 Å². The molecular formula is C24H19FN4O. The molecule has 0 amide bonds. The number of hydrogen-bond donors (Lipinski definition) is 2. The fourth-order valence-electron chi connectivity index (χ4n) is 4.58. The van der Waals surface area contributed by atoms with E-state index in [4.69, 9.17) is 5.73 Å². The molecule has 0 fully saturated rings. The summed E-state index contributed by atoms with van der Waals surface area (Å²) in [5.41, 5.74) is 10.0. The number of benzene rings is 2. The number of hydrogen-bond acceptors (Lipinski definition) is 4. The van der Waals surface area contributed by atoms with Gasteiger partial charge in [0.25, 0.3) is 0 Å². The SMILES string of the molecule is N#CC1=C(N)N(c2ccccc2F)C2=C(C(=O)CCC2)[C@@H]1c1ccc2[nH]ccc2c1. The second-order valence-electron chi connectivity index (χ2n) is 7.59. The molecule has 0 spiro atoms. The molecule has 0 saturated heterocycles. The average molecular weight is 398 g/mol. The summed E-state index contributed by atoms with van der Waals surface area (Å²) in [6.45, 7) is 0. The molecule has 2 aromatic carbocycles. The number of ketones is 1. The Morgan fingerprint density at radius 2 is 2.00 bits per heavy atom. The third-order valence-electron chi connectivity index (χ3n) is 5.92. The van der Waals surface area contributed by atoms with Crippen LogP contribution in [0.4, 0.5) is 10.1 Å². The number of nitrogens with zero attached hydrogens (tertiary/aromatic N) is 2. The minimum atomic E-state index is -0.555. The largest absolute Gasteiger partial charge is 0.384 e. The Morgan fingerprint density at radius 3 is 2.80 bits per heavy atom. The van der Waals surface area contributed by atoms with Gasteiger partial charge in [0.05, 0.1) is 23.2 Å². The number of allylic oxidation sites excluding steroid dienone is 3. The average Bonchev–Trinajstić information content (AvgIpc) is 3.22. The highest BCUT2D eigenvalue weighted by atomic mass is 19.1. The Balaban J connectivity index is 1.77. The second-order valence-corrected chi connectivity index (χ2v) is 7.59. The van der Waals surface area contributed by atoms with Gasteiger partial charge in [-0.1, -0.05) is 18.2 Å². The van der Waals surface area contributed by atoms with E-state index in [0.717, 1.165) is 16.5 Å². The lowest BCUT2D eigenvalue weighted by Gasteiger charge is -2.39. The van der Waals surface area contributed by atoms with Crippen LogP contribution in [-0.4, -0.2) is 10.8 Å². The number of nitriles is 1. The summed E-state index contributed by atoms with van der Waals surface area (Å²) < 4.78 is 14.7. The third-order valence-corrected chi connectivity index (χ3v) is 5.92. The molecule has 148 valence electrons. The number of fused-ring (bicyclic) bond motifs is 1. The van der Waals surface area contributed by atoms with Crippen LogP contribution in [0.25, 0.3) is 10.9 Å². The molecule has 1 aliphatic heterocycles. The summed E-state index contributed by atoms with van der Waals surface area (Å²) >= 11 is 0. The van der Waals surface area contributed by atoms with E-state index in [1.54, 1.807) is 23.1 Å². The predicted octanol–water partition coefficient (Wildman–Crippen LogP) is 4.61. The minimum Gasteiger partial charge on any atom is -0.384 e. The number of nitrogens with two attached hydrogens (primary N) is 1. The summed E-state index contributed by atoms with van der Waals surface area (Å²) in [5.74, 6) is -0.845. The van der Waals surface area contributed by atoms with E-state index in [-0.39, 0.29) is 22.9 Å². The van der Waals surface area contributed by atoms with Crippen molar-refractivity contribution in [3.8, 4) is 6.07 Å². The lowest BCUT2D eigenvalue weighted by Crippen LogP contribution is -2.39. The van der Waals surface area contributed by atoms with Crippen LogP contribution in [0.2, 0.25) is 0 Å². The van der Waals surface area contributed by atoms with Crippen molar-refractivity contribution in [2.24, 2.45) is 5.73 Å². The zero-order chi connectivity index (χ0) is 20.8. The number of rotatable bonds is 2. The Bertz CT molecular complexity index is 1290. The zero-order valence-electron chi connectivity index (χ0n) is 16.2. The van der Waals surface area contributed by atoms with Crippen LogP contribution in [0, 0.1) is 17.1 Å². The van der Waals surface area contributed by atoms with Crippen LogP contribution in [0.5, 0.6) is 0 Å². The maximum Gasteiger partial charge on any atom is 0.161 e. The minimum absolute atomic E-state index is 0.0167. The molecule has 3 aromatic rings. The molecule has 1 atom stereocenters. The normalized spacial score (nSPS) is 19.3. The highest BCUT2D eigenvalue weighted by Gasteiger charge is 2.40. The van der Waals surface area contributed by atoms with E-state index in [9.17, 15) is 14.4 Å². The number of carbonyl (C=O) groups is 1. The quantitative estimate of drug-likeness (QED) is 0.660. The van der Waals surface area contributed by atoms with Crippen molar-refractivity contribution in [3.63, 3.8) is 0 Å². The molecule has 5 rings (SSSR count). The Hall–Kier alpha value is -3.85. The standard InChI is InChI=1S/C24H19FN4O/c25-17-4-1-2-5-19(17)29-20-6-3-7-21(30)23(20)22(16(13-26)24(29)27)15-8-9-18-14(12-15)10-11-28-18/h1-2,4-5,8-12,22,28H,3,6-7,27H2/t22-/m1/s1. The van der Waals surface area contributed by atoms with Gasteiger partial charge in [0.15, 0.2) is 5.78 Å². The van der Waals surface area contributed by atoms with Gasteiger partial charge >= 0.3 is 0 Å². The van der Waals surface area contributed by atoms with Gasteiger partial charge in [-0.25, -0.2) is 4.39 Å². The molecule has 1 aliphatic carbocycles. The smallest absolute Gasteiger partial charge is 0.161 e. The Morgan fingerprint density at radius 1 is 1.17 bits per heavy atom. The topological polar surface area (TPSA) is 85.9 Å². The summed E-state index contributed by atoms with van der Waals surface area (Å²) in [6, 6.07) is 16.3. The van der Waals surface area contributed by atoms with Gasteiger partial charge in [0.1, 0.15) is 11.6 Å². The number of carbonyl (C=O) groups excluding carboxylic acids is 1. The van der Waals surface area contributed by atoms with Gasteiger partial charge in [-0.3, -0.25) is 9.69 Å². The molecule has 3 N–H and O–H groups in total. The summed E-state index contributed by atoms with van der Waals surface area (Å²) in [5, 5.41) is 11.0. The van der Waals surface area contributed by atoms with Crippen LogP contribution in [0.1, 0.15) is 30.7 Å². The van der Waals surface area contributed by atoms with Crippen LogP contribution < -0.4 is 10.6 Å². The second kappa shape index (κ2) is 6.89. The molecule has 30 heavy (non-hydrogen) atoms. The lowest BCUT2D eigenvalue weighted by molar-refractivity contribution is -0.116. The summed E-state index contributed by atoms with van der Waals surface area (Å²) in [6.07, 6.45) is 3.52. The molecule has 0 saturated carbocycles. The lowest BCUT2D eigenvalue weighted by atomic mass is 9.75. The number of anilines is 1. The van der Waals surface area contributed by atoms with Gasteiger partial charge in [-0.05, 0) is 54.1 Å². The highest BCUT2D eigenvalue weighted by molar-refractivity contribution is 6.01. The number of aromatic nitrogens is 1. The van der Waals surface area contributed by atoms with E-state index < -0.39 is 11.7 Å². The molecule has 0 radical (unpaired) electrons. The first kappa shape index (κ1) is 18.2. The molecule has 6 heteroatoms. The molecule has 1 aromatic heterocycles. The van der Waals surface area contributed by atoms with E-state index >= 15 is 0 Å². The van der Waals surface area contributed by atoms with Gasteiger partial charge in [0, 0.05) is 29.4 Å². The number of Topliss-reactive ketones (excluding diaryl/α,β-unsaturated/α-hetero) is 1. The molecule has 2 aliphatic rings. The monoisotopic (exact) mass is 398 g/mol. The zero-order valence-corrected chi connectivity index (χ0v) is 16.2. The third kappa shape index (κ3) is 2.63. The van der Waals surface area contributed by atoms with Gasteiger partial charge in [-0.15, -0.1) is 0 Å². The Kier molecular flexibility index (Phi) is 4.18. The van der Waals surface area contributed by atoms with Crippen molar-refractivity contribution >= 4 is 22.4 Å². The van der Waals surface area contributed by atoms with E-state index in [1.165, 1.54) is 6.07 Å². The molecular weight excluding hydrogens is 379 g/mol. The van der Waals surface area contributed by atoms with Crippen molar-refractivity contribution < 1.29 is 9.18 Å². The van der Waals surface area contributed by atoms with Gasteiger partial charge in [0.2, 0.25) is 0 Å². The van der Waals surface area contributed by atoms with Gasteiger partial charge in [-0.2, -0.15) is 5.26 Å².